The fourth-order valence-corrected chi connectivity index (χ4v) is 2.09. The van der Waals surface area contributed by atoms with E-state index in [0.29, 0.717) is 16.9 Å². The van der Waals surface area contributed by atoms with E-state index in [-0.39, 0.29) is 17.9 Å². The SMILES string of the molecule is O=C(/C=C/c1ccccn1)Nc1ccccc1C(=O)NC1CC1. The highest BCUT2D eigenvalue weighted by Gasteiger charge is 2.24. The highest BCUT2D eigenvalue weighted by molar-refractivity contribution is 6.07. The van der Waals surface area contributed by atoms with Crippen LogP contribution >= 0.6 is 0 Å². The van der Waals surface area contributed by atoms with Gasteiger partial charge in [-0.05, 0) is 43.2 Å². The van der Waals surface area contributed by atoms with Crippen molar-refractivity contribution in [3.8, 4) is 0 Å². The first-order valence-corrected chi connectivity index (χ1v) is 7.52. The van der Waals surface area contributed by atoms with Crippen LogP contribution in [-0.2, 0) is 4.79 Å². The number of rotatable bonds is 5. The van der Waals surface area contributed by atoms with Crippen molar-refractivity contribution in [2.45, 2.75) is 18.9 Å². The van der Waals surface area contributed by atoms with E-state index < -0.39 is 0 Å². The van der Waals surface area contributed by atoms with E-state index in [4.69, 9.17) is 0 Å². The summed E-state index contributed by atoms with van der Waals surface area (Å²) >= 11 is 0. The minimum Gasteiger partial charge on any atom is -0.349 e. The van der Waals surface area contributed by atoms with Crippen molar-refractivity contribution in [3.63, 3.8) is 0 Å². The first-order chi connectivity index (χ1) is 11.2. The van der Waals surface area contributed by atoms with Crippen molar-refractivity contribution in [1.29, 1.82) is 0 Å². The average molecular weight is 307 g/mol. The van der Waals surface area contributed by atoms with Crippen molar-refractivity contribution in [1.82, 2.24) is 10.3 Å². The maximum absolute atomic E-state index is 12.2. The van der Waals surface area contributed by atoms with Gasteiger partial charge in [-0.25, -0.2) is 0 Å². The van der Waals surface area contributed by atoms with Crippen LogP contribution in [0.5, 0.6) is 0 Å². The van der Waals surface area contributed by atoms with Gasteiger partial charge in [0.1, 0.15) is 0 Å². The van der Waals surface area contributed by atoms with Crippen LogP contribution in [0, 0.1) is 0 Å². The predicted molar refractivity (Wildman–Crippen MR) is 88.8 cm³/mol. The molecule has 0 radical (unpaired) electrons. The third-order valence-electron chi connectivity index (χ3n) is 3.44. The van der Waals surface area contributed by atoms with Crippen LogP contribution in [0.2, 0.25) is 0 Å². The lowest BCUT2D eigenvalue weighted by Crippen LogP contribution is -2.26. The molecule has 1 heterocycles. The molecule has 3 rings (SSSR count). The summed E-state index contributed by atoms with van der Waals surface area (Å²) < 4.78 is 0. The van der Waals surface area contributed by atoms with Crippen molar-refractivity contribution < 1.29 is 9.59 Å². The van der Waals surface area contributed by atoms with Crippen LogP contribution in [0.25, 0.3) is 6.08 Å². The van der Waals surface area contributed by atoms with Gasteiger partial charge in [0.05, 0.1) is 16.9 Å². The summed E-state index contributed by atoms with van der Waals surface area (Å²) in [6.07, 6.45) is 6.73. The molecule has 2 aromatic rings. The molecular weight excluding hydrogens is 290 g/mol. The molecule has 0 bridgehead atoms. The van der Waals surface area contributed by atoms with E-state index in [2.05, 4.69) is 15.6 Å². The van der Waals surface area contributed by atoms with Gasteiger partial charge in [0.15, 0.2) is 0 Å². The summed E-state index contributed by atoms with van der Waals surface area (Å²) in [7, 11) is 0. The van der Waals surface area contributed by atoms with E-state index in [1.807, 2.05) is 12.1 Å². The van der Waals surface area contributed by atoms with Crippen LogP contribution in [-0.4, -0.2) is 22.8 Å². The number of carbonyl (C=O) groups is 2. The largest absolute Gasteiger partial charge is 0.349 e. The Balaban J connectivity index is 1.68. The zero-order valence-corrected chi connectivity index (χ0v) is 12.5. The van der Waals surface area contributed by atoms with Crippen LogP contribution < -0.4 is 10.6 Å². The predicted octanol–water partition coefficient (Wildman–Crippen LogP) is 2.63. The number of aromatic nitrogens is 1. The maximum Gasteiger partial charge on any atom is 0.253 e. The highest BCUT2D eigenvalue weighted by Crippen LogP contribution is 2.21. The topological polar surface area (TPSA) is 71.1 Å². The molecule has 1 fully saturated rings. The molecule has 0 saturated heterocycles. The molecule has 0 unspecified atom stereocenters. The number of amides is 2. The molecular formula is C18H17N3O2. The second-order valence-electron chi connectivity index (χ2n) is 5.37. The third-order valence-corrected chi connectivity index (χ3v) is 3.44. The maximum atomic E-state index is 12.2. The van der Waals surface area contributed by atoms with Gasteiger partial charge in [0, 0.05) is 18.3 Å². The number of anilines is 1. The van der Waals surface area contributed by atoms with Gasteiger partial charge < -0.3 is 10.6 Å². The van der Waals surface area contributed by atoms with Crippen molar-refractivity contribution >= 4 is 23.6 Å². The Morgan fingerprint density at radius 2 is 1.87 bits per heavy atom. The molecule has 0 atom stereocenters. The van der Waals surface area contributed by atoms with E-state index >= 15 is 0 Å². The normalized spacial score (nSPS) is 13.7. The Morgan fingerprint density at radius 3 is 2.61 bits per heavy atom. The number of hydrogen-bond donors (Lipinski definition) is 2. The molecule has 1 aromatic heterocycles. The number of benzene rings is 1. The first kappa shape index (κ1) is 15.0. The molecule has 116 valence electrons. The van der Waals surface area contributed by atoms with Crippen molar-refractivity contribution in [3.05, 3.63) is 66.0 Å². The summed E-state index contributed by atoms with van der Waals surface area (Å²) in [5.41, 5.74) is 1.67. The van der Waals surface area contributed by atoms with Crippen LogP contribution in [0.4, 0.5) is 5.69 Å². The van der Waals surface area contributed by atoms with Crippen LogP contribution in [0.3, 0.4) is 0 Å². The lowest BCUT2D eigenvalue weighted by molar-refractivity contribution is -0.111. The van der Waals surface area contributed by atoms with E-state index in [9.17, 15) is 9.59 Å². The number of nitrogens with one attached hydrogen (secondary N) is 2. The number of para-hydroxylation sites is 1. The summed E-state index contributed by atoms with van der Waals surface area (Å²) in [6, 6.07) is 12.7. The number of hydrogen-bond acceptors (Lipinski definition) is 3. The first-order valence-electron chi connectivity index (χ1n) is 7.52. The highest BCUT2D eigenvalue weighted by atomic mass is 16.2. The van der Waals surface area contributed by atoms with E-state index in [1.54, 1.807) is 42.6 Å². The number of pyridine rings is 1. The lowest BCUT2D eigenvalue weighted by Gasteiger charge is -2.09. The molecule has 23 heavy (non-hydrogen) atoms. The van der Waals surface area contributed by atoms with Crippen molar-refractivity contribution in [2.75, 3.05) is 5.32 Å². The molecule has 1 saturated carbocycles. The minimum absolute atomic E-state index is 0.155. The Morgan fingerprint density at radius 1 is 1.09 bits per heavy atom. The van der Waals surface area contributed by atoms with E-state index in [1.165, 1.54) is 6.08 Å². The summed E-state index contributed by atoms with van der Waals surface area (Å²) in [6.45, 7) is 0. The third kappa shape index (κ3) is 4.26. The molecule has 5 heteroatoms. The lowest BCUT2D eigenvalue weighted by atomic mass is 10.1. The van der Waals surface area contributed by atoms with Gasteiger partial charge in [-0.2, -0.15) is 0 Å². The Hall–Kier alpha value is -2.95. The zero-order valence-electron chi connectivity index (χ0n) is 12.5. The Kier molecular flexibility index (Phi) is 4.47. The fraction of sp³-hybridized carbons (Fsp3) is 0.167. The quantitative estimate of drug-likeness (QED) is 0.834. The summed E-state index contributed by atoms with van der Waals surface area (Å²) in [5, 5.41) is 5.66. The molecule has 2 amide bonds. The van der Waals surface area contributed by atoms with Crippen LogP contribution in [0.1, 0.15) is 28.9 Å². The smallest absolute Gasteiger partial charge is 0.253 e. The van der Waals surface area contributed by atoms with Crippen LogP contribution in [0.15, 0.2) is 54.7 Å². The fourth-order valence-electron chi connectivity index (χ4n) is 2.09. The average Bonchev–Trinajstić information content (AvgIpc) is 3.38. The molecule has 1 aliphatic rings. The molecule has 5 nitrogen and oxygen atoms in total. The molecule has 0 spiro atoms. The van der Waals surface area contributed by atoms with Gasteiger partial charge in [0.2, 0.25) is 5.91 Å². The molecule has 1 aliphatic carbocycles. The van der Waals surface area contributed by atoms with Gasteiger partial charge in [-0.3, -0.25) is 14.6 Å². The van der Waals surface area contributed by atoms with Gasteiger partial charge in [-0.1, -0.05) is 18.2 Å². The second-order valence-corrected chi connectivity index (χ2v) is 5.37. The summed E-state index contributed by atoms with van der Waals surface area (Å²) in [5.74, 6) is -0.459. The second kappa shape index (κ2) is 6.87. The molecule has 1 aromatic carbocycles. The molecule has 0 aliphatic heterocycles. The van der Waals surface area contributed by atoms with E-state index in [0.717, 1.165) is 12.8 Å². The van der Waals surface area contributed by atoms with Gasteiger partial charge in [0.25, 0.3) is 5.91 Å². The Bertz CT molecular complexity index is 737. The number of carbonyl (C=O) groups excluding carboxylic acids is 2. The Labute approximate surface area is 134 Å². The minimum atomic E-state index is -0.303. The standard InChI is InChI=1S/C18H17N3O2/c22-17(11-10-13-5-3-4-12-19-13)21-16-7-2-1-6-15(16)18(23)20-14-8-9-14/h1-7,10-12,14H,8-9H2,(H,20,23)(H,21,22)/b11-10+. The molecule has 2 N–H and O–H groups in total. The zero-order chi connectivity index (χ0) is 16.1. The van der Waals surface area contributed by atoms with Gasteiger partial charge >= 0.3 is 0 Å². The number of nitrogens with zero attached hydrogens (tertiary/aromatic N) is 1. The van der Waals surface area contributed by atoms with Crippen molar-refractivity contribution in [2.24, 2.45) is 0 Å². The van der Waals surface area contributed by atoms with Gasteiger partial charge in [-0.15, -0.1) is 0 Å². The monoisotopic (exact) mass is 307 g/mol. The summed E-state index contributed by atoms with van der Waals surface area (Å²) in [4.78, 5) is 28.3.